The fourth-order valence-electron chi connectivity index (χ4n) is 7.28. The van der Waals surface area contributed by atoms with E-state index in [1.54, 1.807) is 74.9 Å². The third kappa shape index (κ3) is 3.64. The molecule has 1 fully saturated rings. The largest absolute Gasteiger partial charge is 0.497 e. The molecule has 0 bridgehead atoms. The van der Waals surface area contributed by atoms with Crippen LogP contribution in [-0.4, -0.2) is 50.8 Å². The Hall–Kier alpha value is -5.17. The number of ketones is 3. The van der Waals surface area contributed by atoms with E-state index in [-0.39, 0.29) is 17.3 Å². The molecule has 0 radical (unpaired) electrons. The molecule has 1 spiro atoms. The van der Waals surface area contributed by atoms with Crippen molar-refractivity contribution < 1.29 is 28.6 Å². The fourth-order valence-corrected chi connectivity index (χ4v) is 7.28. The lowest BCUT2D eigenvalue weighted by Crippen LogP contribution is -2.48. The van der Waals surface area contributed by atoms with Crippen LogP contribution in [0.4, 0.5) is 5.69 Å². The molecule has 3 aliphatic rings. The summed E-state index contributed by atoms with van der Waals surface area (Å²) < 4.78 is 16.8. The Morgan fingerprint density at radius 2 is 1.42 bits per heavy atom. The number of methoxy groups -OCH3 is 3. The van der Waals surface area contributed by atoms with Crippen molar-refractivity contribution in [1.82, 2.24) is 0 Å². The number of Topliss-reactive ketones (excluding diaryl/α,β-unsaturated/α-hetero) is 3. The summed E-state index contributed by atoms with van der Waals surface area (Å²) in [6, 6.07) is 25.3. The normalized spacial score (nSPS) is 20.9. The first-order valence-corrected chi connectivity index (χ1v) is 14.1. The second kappa shape index (κ2) is 9.98. The maximum atomic E-state index is 14.9. The maximum Gasteiger partial charge on any atom is 0.186 e. The zero-order chi connectivity index (χ0) is 29.9. The van der Waals surface area contributed by atoms with Gasteiger partial charge in [0.15, 0.2) is 17.3 Å². The van der Waals surface area contributed by atoms with Crippen LogP contribution in [0.2, 0.25) is 0 Å². The third-order valence-electron chi connectivity index (χ3n) is 9.11. The zero-order valence-corrected chi connectivity index (χ0v) is 23.9. The van der Waals surface area contributed by atoms with E-state index in [4.69, 9.17) is 14.2 Å². The molecule has 0 unspecified atom stereocenters. The van der Waals surface area contributed by atoms with Gasteiger partial charge in [-0.05, 0) is 29.8 Å². The summed E-state index contributed by atoms with van der Waals surface area (Å²) in [6.45, 7) is 0. The molecule has 7 rings (SSSR count). The Balaban J connectivity index is 1.56. The van der Waals surface area contributed by atoms with Crippen LogP contribution < -0.4 is 19.1 Å². The standard InChI is InChI=1S/C36H29NO6/c1-41-23-11-8-10-22(19-23)33(38)32-31(27-17-16-24(42-2)20-29(27)43-3)36(34(39)25-12-5-6-13-26(25)35(36)40)30-18-15-21-9-4-7-14-28(21)37(30)32/h4-20,30-32H,1-3H3/t30-,31-,32+/m0/s1. The SMILES string of the molecule is COc1cccc(C(=O)[C@H]2[C@H](c3ccc(OC)cc3OC)C3(C(=O)c4ccccc4C3=O)[C@@H]3C=Cc4ccccc4N32)c1. The molecule has 2 heterocycles. The number of ether oxygens (including phenoxy) is 3. The fraction of sp³-hybridized carbons (Fsp3) is 0.194. The number of hydrogen-bond donors (Lipinski definition) is 0. The average molecular weight is 572 g/mol. The van der Waals surface area contributed by atoms with Crippen molar-refractivity contribution in [3.05, 3.63) is 125 Å². The highest BCUT2D eigenvalue weighted by atomic mass is 16.5. The van der Waals surface area contributed by atoms with Gasteiger partial charge in [0.2, 0.25) is 0 Å². The number of para-hydroxylation sites is 1. The predicted molar refractivity (Wildman–Crippen MR) is 163 cm³/mol. The minimum absolute atomic E-state index is 0.231. The number of carbonyl (C=O) groups is 3. The topological polar surface area (TPSA) is 82.1 Å². The molecule has 1 aliphatic carbocycles. The molecule has 214 valence electrons. The Morgan fingerprint density at radius 3 is 2.12 bits per heavy atom. The van der Waals surface area contributed by atoms with E-state index < -0.39 is 23.4 Å². The van der Waals surface area contributed by atoms with Crippen molar-refractivity contribution in [2.24, 2.45) is 5.41 Å². The molecule has 4 aromatic rings. The van der Waals surface area contributed by atoms with Gasteiger partial charge < -0.3 is 19.1 Å². The molecule has 7 heteroatoms. The summed E-state index contributed by atoms with van der Waals surface area (Å²) >= 11 is 0. The Kier molecular flexibility index (Phi) is 6.20. The van der Waals surface area contributed by atoms with E-state index in [1.165, 1.54) is 7.11 Å². The maximum absolute atomic E-state index is 14.9. The van der Waals surface area contributed by atoms with Gasteiger partial charge in [-0.2, -0.15) is 0 Å². The Labute approximate surface area is 249 Å². The van der Waals surface area contributed by atoms with Gasteiger partial charge in [0.05, 0.1) is 27.4 Å². The summed E-state index contributed by atoms with van der Waals surface area (Å²) in [5.74, 6) is -0.204. The number of fused-ring (bicyclic) bond motifs is 5. The minimum atomic E-state index is -1.63. The molecular formula is C36H29NO6. The summed E-state index contributed by atoms with van der Waals surface area (Å²) in [7, 11) is 4.64. The van der Waals surface area contributed by atoms with Crippen LogP contribution in [0.5, 0.6) is 17.2 Å². The molecular weight excluding hydrogens is 542 g/mol. The molecule has 0 aromatic heterocycles. The molecule has 0 saturated carbocycles. The first-order valence-electron chi connectivity index (χ1n) is 14.1. The van der Waals surface area contributed by atoms with Gasteiger partial charge in [0.25, 0.3) is 0 Å². The first-order chi connectivity index (χ1) is 20.9. The van der Waals surface area contributed by atoms with Crippen LogP contribution in [0.3, 0.4) is 0 Å². The molecule has 3 atom stereocenters. The molecule has 7 nitrogen and oxygen atoms in total. The van der Waals surface area contributed by atoms with Gasteiger partial charge in [-0.3, -0.25) is 14.4 Å². The predicted octanol–water partition coefficient (Wildman–Crippen LogP) is 6.03. The quantitative estimate of drug-likeness (QED) is 0.207. The summed E-state index contributed by atoms with van der Waals surface area (Å²) in [4.78, 5) is 46.5. The molecule has 1 saturated heterocycles. The zero-order valence-electron chi connectivity index (χ0n) is 23.9. The molecule has 43 heavy (non-hydrogen) atoms. The Morgan fingerprint density at radius 1 is 0.744 bits per heavy atom. The van der Waals surface area contributed by atoms with Crippen LogP contribution in [0.15, 0.2) is 97.1 Å². The molecule has 0 amide bonds. The van der Waals surface area contributed by atoms with Crippen molar-refractivity contribution in [1.29, 1.82) is 0 Å². The van der Waals surface area contributed by atoms with E-state index in [0.29, 0.717) is 39.5 Å². The van der Waals surface area contributed by atoms with Crippen molar-refractivity contribution in [2.75, 3.05) is 26.2 Å². The highest BCUT2D eigenvalue weighted by Crippen LogP contribution is 2.62. The van der Waals surface area contributed by atoms with Gasteiger partial charge in [-0.1, -0.05) is 72.8 Å². The number of hydrogen-bond acceptors (Lipinski definition) is 7. The first kappa shape index (κ1) is 26.7. The van der Waals surface area contributed by atoms with Gasteiger partial charge in [-0.15, -0.1) is 0 Å². The third-order valence-corrected chi connectivity index (χ3v) is 9.11. The average Bonchev–Trinajstić information content (AvgIpc) is 3.49. The van der Waals surface area contributed by atoms with E-state index in [9.17, 15) is 14.4 Å². The highest BCUT2D eigenvalue weighted by Gasteiger charge is 2.72. The molecule has 4 aromatic carbocycles. The summed E-state index contributed by atoms with van der Waals surface area (Å²) in [6.07, 6.45) is 3.86. The lowest BCUT2D eigenvalue weighted by Gasteiger charge is -2.37. The summed E-state index contributed by atoms with van der Waals surface area (Å²) in [5, 5.41) is 0. The van der Waals surface area contributed by atoms with Gasteiger partial charge in [-0.25, -0.2) is 0 Å². The van der Waals surface area contributed by atoms with Gasteiger partial charge in [0.1, 0.15) is 28.7 Å². The molecule has 0 N–H and O–H groups in total. The summed E-state index contributed by atoms with van der Waals surface area (Å²) in [5.41, 5.74) is 1.78. The van der Waals surface area contributed by atoms with E-state index in [1.807, 2.05) is 47.4 Å². The lowest BCUT2D eigenvalue weighted by molar-refractivity contribution is 0.0664. The number of carbonyl (C=O) groups excluding carboxylic acids is 3. The number of benzene rings is 4. The number of anilines is 1. The van der Waals surface area contributed by atoms with Crippen LogP contribution in [0.1, 0.15) is 48.1 Å². The number of rotatable bonds is 6. The second-order valence-corrected chi connectivity index (χ2v) is 11.0. The van der Waals surface area contributed by atoms with Crippen molar-refractivity contribution >= 4 is 29.1 Å². The van der Waals surface area contributed by atoms with Crippen LogP contribution in [0.25, 0.3) is 6.08 Å². The van der Waals surface area contributed by atoms with Crippen molar-refractivity contribution in [3.8, 4) is 17.2 Å². The number of nitrogens with zero attached hydrogens (tertiary/aromatic N) is 1. The molecule has 2 aliphatic heterocycles. The van der Waals surface area contributed by atoms with E-state index >= 15 is 0 Å². The second-order valence-electron chi connectivity index (χ2n) is 11.0. The van der Waals surface area contributed by atoms with Crippen molar-refractivity contribution in [2.45, 2.75) is 18.0 Å². The lowest BCUT2D eigenvalue weighted by atomic mass is 9.64. The van der Waals surface area contributed by atoms with E-state index in [2.05, 4.69) is 0 Å². The van der Waals surface area contributed by atoms with Crippen LogP contribution in [-0.2, 0) is 0 Å². The van der Waals surface area contributed by atoms with Gasteiger partial charge in [0, 0.05) is 39.9 Å². The smallest absolute Gasteiger partial charge is 0.186 e. The van der Waals surface area contributed by atoms with Crippen molar-refractivity contribution in [3.63, 3.8) is 0 Å². The monoisotopic (exact) mass is 571 g/mol. The van der Waals surface area contributed by atoms with Crippen LogP contribution >= 0.6 is 0 Å². The Bertz CT molecular complexity index is 1810. The minimum Gasteiger partial charge on any atom is -0.497 e. The van der Waals surface area contributed by atoms with Gasteiger partial charge >= 0.3 is 0 Å². The highest BCUT2D eigenvalue weighted by molar-refractivity contribution is 6.32. The van der Waals surface area contributed by atoms with Crippen LogP contribution in [0, 0.1) is 5.41 Å². The van der Waals surface area contributed by atoms with E-state index in [0.717, 1.165) is 11.3 Å².